The monoisotopic (exact) mass is 394 g/mol. The van der Waals surface area contributed by atoms with Crippen molar-refractivity contribution < 1.29 is 12.8 Å². The van der Waals surface area contributed by atoms with E-state index >= 15 is 0 Å². The molecular weight excluding hydrogens is 387 g/mol. The van der Waals surface area contributed by atoms with Gasteiger partial charge in [0, 0.05) is 10.7 Å². The number of nitrogens with one attached hydrogen (secondary N) is 2. The third kappa shape index (κ3) is 3.43. The molecule has 2 rings (SSSR count). The number of hydrogen-bond donors (Lipinski definition) is 3. The van der Waals surface area contributed by atoms with E-state index in [1.807, 2.05) is 0 Å². The minimum atomic E-state index is -4.13. The van der Waals surface area contributed by atoms with Gasteiger partial charge >= 0.3 is 0 Å². The molecule has 2 aromatic rings. The molecule has 0 aliphatic heterocycles. The highest BCUT2D eigenvalue weighted by Crippen LogP contribution is 2.29. The topological polar surface area (TPSA) is 97.1 Å². The first-order valence-corrected chi connectivity index (χ1v) is 8.09. The van der Waals surface area contributed by atoms with E-state index in [0.717, 1.165) is 6.07 Å². The number of rotatable bonds is 4. The molecule has 0 saturated heterocycles. The van der Waals surface area contributed by atoms with Gasteiger partial charge in [0.15, 0.2) is 5.82 Å². The number of hydrazine groups is 1. The van der Waals surface area contributed by atoms with Crippen molar-refractivity contribution in [3.8, 4) is 0 Å². The predicted molar refractivity (Wildman–Crippen MR) is 82.0 cm³/mol. The van der Waals surface area contributed by atoms with Crippen LogP contribution in [-0.4, -0.2) is 13.4 Å². The van der Waals surface area contributed by atoms with Crippen LogP contribution in [0.4, 0.5) is 15.9 Å². The number of hydrogen-bond acceptors (Lipinski definition) is 5. The van der Waals surface area contributed by atoms with Crippen molar-refractivity contribution in [1.29, 1.82) is 0 Å². The van der Waals surface area contributed by atoms with Crippen LogP contribution in [0, 0.1) is 5.82 Å². The Morgan fingerprint density at radius 2 is 2.10 bits per heavy atom. The molecule has 0 aliphatic carbocycles. The first-order valence-electron chi connectivity index (χ1n) is 5.44. The van der Waals surface area contributed by atoms with Crippen molar-refractivity contribution in [3.05, 3.63) is 45.8 Å². The fraction of sp³-hybridized carbons (Fsp3) is 0. The third-order valence-corrected chi connectivity index (χ3v) is 4.56. The fourth-order valence-corrected chi connectivity index (χ4v) is 3.50. The van der Waals surface area contributed by atoms with Gasteiger partial charge in [-0.25, -0.2) is 23.6 Å². The Bertz CT molecular complexity index is 768. The van der Waals surface area contributed by atoms with E-state index in [0.29, 0.717) is 4.47 Å². The summed E-state index contributed by atoms with van der Waals surface area (Å²) in [4.78, 5) is 3.57. The summed E-state index contributed by atoms with van der Waals surface area (Å²) >= 11 is 8.90. The summed E-state index contributed by atoms with van der Waals surface area (Å²) < 4.78 is 40.9. The summed E-state index contributed by atoms with van der Waals surface area (Å²) in [6.45, 7) is 0. The number of nitrogen functional groups attached to an aromatic ring is 1. The Labute approximate surface area is 133 Å². The Morgan fingerprint density at radius 1 is 1.38 bits per heavy atom. The van der Waals surface area contributed by atoms with Crippen LogP contribution in [0.25, 0.3) is 0 Å². The van der Waals surface area contributed by atoms with Gasteiger partial charge in [-0.15, -0.1) is 0 Å². The van der Waals surface area contributed by atoms with Crippen molar-refractivity contribution in [2.45, 2.75) is 4.90 Å². The van der Waals surface area contributed by atoms with Gasteiger partial charge in [0.2, 0.25) is 0 Å². The van der Waals surface area contributed by atoms with Gasteiger partial charge in [0.25, 0.3) is 10.0 Å². The van der Waals surface area contributed by atoms with Crippen LogP contribution in [0.5, 0.6) is 0 Å². The molecule has 0 bridgehead atoms. The summed E-state index contributed by atoms with van der Waals surface area (Å²) in [6.07, 6.45) is 1.37. The molecule has 0 unspecified atom stereocenters. The van der Waals surface area contributed by atoms with Crippen molar-refractivity contribution in [3.63, 3.8) is 0 Å². The molecule has 0 amide bonds. The van der Waals surface area contributed by atoms with Gasteiger partial charge in [-0.3, -0.25) is 4.72 Å². The van der Waals surface area contributed by atoms with Crippen molar-refractivity contribution >= 4 is 49.1 Å². The molecular formula is C11H9BrClFN4O2S. The number of halogens is 3. The number of aromatic nitrogens is 1. The van der Waals surface area contributed by atoms with Gasteiger partial charge in [0.1, 0.15) is 16.4 Å². The van der Waals surface area contributed by atoms with Gasteiger partial charge < -0.3 is 5.43 Å². The van der Waals surface area contributed by atoms with E-state index in [1.54, 1.807) is 0 Å². The predicted octanol–water partition coefficient (Wildman–Crippen LogP) is 2.72. The highest BCUT2D eigenvalue weighted by atomic mass is 79.9. The number of para-hydroxylation sites is 1. The molecule has 112 valence electrons. The maximum Gasteiger partial charge on any atom is 0.265 e. The summed E-state index contributed by atoms with van der Waals surface area (Å²) in [6, 6.07) is 5.09. The third-order valence-electron chi connectivity index (χ3n) is 2.44. The zero-order valence-corrected chi connectivity index (χ0v) is 13.4. The van der Waals surface area contributed by atoms with E-state index in [1.165, 1.54) is 24.4 Å². The number of sulfonamides is 1. The summed E-state index contributed by atoms with van der Waals surface area (Å²) in [7, 11) is -4.13. The highest BCUT2D eigenvalue weighted by molar-refractivity contribution is 9.10. The van der Waals surface area contributed by atoms with Gasteiger partial charge in [-0.2, -0.15) is 0 Å². The highest BCUT2D eigenvalue weighted by Gasteiger charge is 2.22. The van der Waals surface area contributed by atoms with Crippen molar-refractivity contribution in [1.82, 2.24) is 4.98 Å². The summed E-state index contributed by atoms with van der Waals surface area (Å²) in [5.41, 5.74) is 1.82. The van der Waals surface area contributed by atoms with E-state index in [4.69, 9.17) is 17.4 Å². The molecule has 0 spiro atoms. The zero-order chi connectivity index (χ0) is 15.6. The van der Waals surface area contributed by atoms with Crippen LogP contribution in [-0.2, 0) is 10.0 Å². The van der Waals surface area contributed by atoms with Crippen LogP contribution in [0.3, 0.4) is 0 Å². The van der Waals surface area contributed by atoms with Crippen LogP contribution < -0.4 is 16.0 Å². The number of pyridine rings is 1. The number of nitrogens with zero attached hydrogens (tertiary/aromatic N) is 1. The van der Waals surface area contributed by atoms with Gasteiger partial charge in [-0.05, 0) is 34.1 Å². The average Bonchev–Trinajstić information content (AvgIpc) is 2.43. The number of nitrogens with two attached hydrogens (primary N) is 1. The molecule has 1 aromatic carbocycles. The first-order chi connectivity index (χ1) is 9.85. The fourth-order valence-electron chi connectivity index (χ4n) is 1.52. The zero-order valence-electron chi connectivity index (χ0n) is 10.3. The molecule has 1 heterocycles. The Morgan fingerprint density at radius 3 is 2.71 bits per heavy atom. The molecule has 6 nitrogen and oxygen atoms in total. The van der Waals surface area contributed by atoms with Crippen LogP contribution >= 0.6 is 27.5 Å². The molecule has 1 aromatic heterocycles. The minimum absolute atomic E-state index is 0.0659. The lowest BCUT2D eigenvalue weighted by Crippen LogP contribution is -2.19. The molecule has 10 heteroatoms. The maximum atomic E-state index is 13.7. The summed E-state index contributed by atoms with van der Waals surface area (Å²) in [5.74, 6) is 4.35. The molecule has 0 saturated carbocycles. The lowest BCUT2D eigenvalue weighted by molar-refractivity contribution is 0.598. The molecule has 21 heavy (non-hydrogen) atoms. The van der Waals surface area contributed by atoms with Gasteiger partial charge in [0.05, 0.1) is 5.02 Å². The normalized spacial score (nSPS) is 11.2. The van der Waals surface area contributed by atoms with E-state index in [9.17, 15) is 12.8 Å². The SMILES string of the molecule is NNc1ncc(Br)cc1S(=O)(=O)Nc1c(F)cccc1Cl. The van der Waals surface area contributed by atoms with E-state index in [2.05, 4.69) is 31.1 Å². The molecule has 0 fully saturated rings. The van der Waals surface area contributed by atoms with E-state index < -0.39 is 15.8 Å². The second-order valence-corrected chi connectivity index (χ2v) is 6.82. The Kier molecular flexibility index (Phi) is 4.67. The quantitative estimate of drug-likeness (QED) is 0.546. The molecule has 0 aliphatic rings. The van der Waals surface area contributed by atoms with Crippen molar-refractivity contribution in [2.75, 3.05) is 10.1 Å². The minimum Gasteiger partial charge on any atom is -0.307 e. The average molecular weight is 396 g/mol. The second-order valence-electron chi connectivity index (χ2n) is 3.85. The Balaban J connectivity index is 2.51. The lowest BCUT2D eigenvalue weighted by Gasteiger charge is -2.13. The first kappa shape index (κ1) is 16.0. The van der Waals surface area contributed by atoms with Crippen LogP contribution in [0.1, 0.15) is 0 Å². The number of anilines is 2. The summed E-state index contributed by atoms with van der Waals surface area (Å²) in [5, 5.41) is -0.0659. The molecule has 0 atom stereocenters. The molecule has 4 N–H and O–H groups in total. The second kappa shape index (κ2) is 6.14. The van der Waals surface area contributed by atoms with Crippen LogP contribution in [0.2, 0.25) is 5.02 Å². The standard InChI is InChI=1S/C11H9BrClFN4O2S/c12-6-4-9(11(17-15)16-5-6)21(19,20)18-10-7(13)2-1-3-8(10)14/h1-5,18H,15H2,(H,16,17). The number of benzene rings is 1. The smallest absolute Gasteiger partial charge is 0.265 e. The maximum absolute atomic E-state index is 13.7. The van der Waals surface area contributed by atoms with Crippen LogP contribution in [0.15, 0.2) is 39.8 Å². The van der Waals surface area contributed by atoms with Gasteiger partial charge in [-0.1, -0.05) is 17.7 Å². The van der Waals surface area contributed by atoms with E-state index in [-0.39, 0.29) is 21.4 Å². The molecule has 0 radical (unpaired) electrons. The van der Waals surface area contributed by atoms with Crippen molar-refractivity contribution in [2.24, 2.45) is 5.84 Å². The lowest BCUT2D eigenvalue weighted by atomic mass is 10.3. The Hall–Kier alpha value is -1.42. The largest absolute Gasteiger partial charge is 0.307 e.